The van der Waals surface area contributed by atoms with Crippen LogP contribution in [0.4, 0.5) is 0 Å². The van der Waals surface area contributed by atoms with Gasteiger partial charge in [0.1, 0.15) is 5.75 Å². The van der Waals surface area contributed by atoms with Gasteiger partial charge in [-0.3, -0.25) is 0 Å². The Morgan fingerprint density at radius 2 is 2.06 bits per heavy atom. The number of hydrogen-bond donors (Lipinski definition) is 1. The van der Waals surface area contributed by atoms with Gasteiger partial charge in [0.15, 0.2) is 0 Å². The van der Waals surface area contributed by atoms with Gasteiger partial charge in [-0.2, -0.15) is 0 Å². The van der Waals surface area contributed by atoms with Crippen LogP contribution in [0.15, 0.2) is 22.7 Å². The lowest BCUT2D eigenvalue weighted by Crippen LogP contribution is -2.19. The van der Waals surface area contributed by atoms with Crippen molar-refractivity contribution in [2.45, 2.75) is 46.1 Å². The number of rotatable bonds is 8. The fourth-order valence-electron chi connectivity index (χ4n) is 1.71. The van der Waals surface area contributed by atoms with Crippen LogP contribution in [0.5, 0.6) is 5.75 Å². The zero-order valence-corrected chi connectivity index (χ0v) is 13.2. The van der Waals surface area contributed by atoms with Crippen molar-refractivity contribution in [1.82, 2.24) is 5.32 Å². The SMILES string of the molecule is CCCCOc1ccc(C(C)NCCC)cc1Br. The summed E-state index contributed by atoms with van der Waals surface area (Å²) < 4.78 is 6.77. The van der Waals surface area contributed by atoms with Gasteiger partial charge in [0, 0.05) is 6.04 Å². The minimum Gasteiger partial charge on any atom is -0.492 e. The third-order valence-corrected chi connectivity index (χ3v) is 3.53. The zero-order chi connectivity index (χ0) is 13.4. The molecule has 0 amide bonds. The molecule has 0 fully saturated rings. The molecule has 0 bridgehead atoms. The largest absolute Gasteiger partial charge is 0.492 e. The number of unbranched alkanes of at least 4 members (excludes halogenated alkanes) is 1. The van der Waals surface area contributed by atoms with Gasteiger partial charge in [-0.1, -0.05) is 26.3 Å². The van der Waals surface area contributed by atoms with E-state index in [1.165, 1.54) is 5.56 Å². The van der Waals surface area contributed by atoms with E-state index < -0.39 is 0 Å². The zero-order valence-electron chi connectivity index (χ0n) is 11.6. The van der Waals surface area contributed by atoms with Crippen molar-refractivity contribution in [1.29, 1.82) is 0 Å². The van der Waals surface area contributed by atoms with Gasteiger partial charge in [-0.15, -0.1) is 0 Å². The average molecular weight is 314 g/mol. The summed E-state index contributed by atoms with van der Waals surface area (Å²) in [6, 6.07) is 6.72. The quantitative estimate of drug-likeness (QED) is 0.703. The summed E-state index contributed by atoms with van der Waals surface area (Å²) in [5.41, 5.74) is 1.29. The lowest BCUT2D eigenvalue weighted by Gasteiger charge is -2.15. The van der Waals surface area contributed by atoms with Gasteiger partial charge in [-0.25, -0.2) is 0 Å². The third kappa shape index (κ3) is 4.99. The fraction of sp³-hybridized carbons (Fsp3) is 0.600. The van der Waals surface area contributed by atoms with E-state index in [9.17, 15) is 0 Å². The molecule has 0 aliphatic carbocycles. The molecule has 1 aromatic rings. The molecule has 0 aromatic heterocycles. The van der Waals surface area contributed by atoms with E-state index in [1.54, 1.807) is 0 Å². The molecule has 0 spiro atoms. The third-order valence-electron chi connectivity index (χ3n) is 2.91. The second kappa shape index (κ2) is 8.54. The molecule has 0 radical (unpaired) electrons. The molecule has 1 rings (SSSR count). The Kier molecular flexibility index (Phi) is 7.36. The summed E-state index contributed by atoms with van der Waals surface area (Å²) in [7, 11) is 0. The van der Waals surface area contributed by atoms with Crippen LogP contribution < -0.4 is 10.1 Å². The van der Waals surface area contributed by atoms with E-state index in [-0.39, 0.29) is 0 Å². The van der Waals surface area contributed by atoms with E-state index in [1.807, 2.05) is 0 Å². The molecule has 1 N–H and O–H groups in total. The molecule has 0 saturated carbocycles. The number of nitrogens with one attached hydrogen (secondary N) is 1. The summed E-state index contributed by atoms with van der Waals surface area (Å²) in [6.45, 7) is 8.38. The highest BCUT2D eigenvalue weighted by Gasteiger charge is 2.07. The van der Waals surface area contributed by atoms with Gasteiger partial charge in [-0.05, 0) is 59.9 Å². The van der Waals surface area contributed by atoms with E-state index in [0.717, 1.165) is 42.6 Å². The lowest BCUT2D eigenvalue weighted by atomic mass is 10.1. The van der Waals surface area contributed by atoms with Crippen LogP contribution in [0, 0.1) is 0 Å². The average Bonchev–Trinajstić information content (AvgIpc) is 2.38. The van der Waals surface area contributed by atoms with Crippen LogP contribution in [-0.2, 0) is 0 Å². The van der Waals surface area contributed by atoms with Crippen LogP contribution in [0.2, 0.25) is 0 Å². The van der Waals surface area contributed by atoms with Crippen molar-refractivity contribution in [2.75, 3.05) is 13.2 Å². The molecule has 0 heterocycles. The van der Waals surface area contributed by atoms with Gasteiger partial charge in [0.05, 0.1) is 11.1 Å². The Hall–Kier alpha value is -0.540. The lowest BCUT2D eigenvalue weighted by molar-refractivity contribution is 0.307. The summed E-state index contributed by atoms with van der Waals surface area (Å²) in [6.07, 6.45) is 3.42. The minimum absolute atomic E-state index is 0.381. The first-order valence-electron chi connectivity index (χ1n) is 6.84. The number of hydrogen-bond acceptors (Lipinski definition) is 2. The smallest absolute Gasteiger partial charge is 0.133 e. The maximum absolute atomic E-state index is 5.73. The topological polar surface area (TPSA) is 21.3 Å². The first-order valence-corrected chi connectivity index (χ1v) is 7.64. The number of benzene rings is 1. The highest BCUT2D eigenvalue weighted by atomic mass is 79.9. The molecule has 102 valence electrons. The van der Waals surface area contributed by atoms with Crippen molar-refractivity contribution in [3.63, 3.8) is 0 Å². The molecular weight excluding hydrogens is 290 g/mol. The predicted molar refractivity (Wildman–Crippen MR) is 81.3 cm³/mol. The first-order chi connectivity index (χ1) is 8.69. The predicted octanol–water partition coefficient (Wildman–Crippen LogP) is 4.69. The van der Waals surface area contributed by atoms with Crippen molar-refractivity contribution in [2.24, 2.45) is 0 Å². The fourth-order valence-corrected chi connectivity index (χ4v) is 2.22. The molecule has 1 aromatic carbocycles. The van der Waals surface area contributed by atoms with Crippen molar-refractivity contribution >= 4 is 15.9 Å². The van der Waals surface area contributed by atoms with Crippen molar-refractivity contribution < 1.29 is 4.74 Å². The maximum atomic E-state index is 5.73. The van der Waals surface area contributed by atoms with Gasteiger partial charge in [0.2, 0.25) is 0 Å². The monoisotopic (exact) mass is 313 g/mol. The molecule has 3 heteroatoms. The van der Waals surface area contributed by atoms with Crippen molar-refractivity contribution in [3.05, 3.63) is 28.2 Å². The maximum Gasteiger partial charge on any atom is 0.133 e. The molecular formula is C15H24BrNO. The second-order valence-corrected chi connectivity index (χ2v) is 5.42. The van der Waals surface area contributed by atoms with Gasteiger partial charge in [0.25, 0.3) is 0 Å². The molecule has 0 saturated heterocycles. The van der Waals surface area contributed by atoms with Crippen LogP contribution in [0.3, 0.4) is 0 Å². The van der Waals surface area contributed by atoms with E-state index >= 15 is 0 Å². The van der Waals surface area contributed by atoms with Crippen LogP contribution in [-0.4, -0.2) is 13.2 Å². The molecule has 1 atom stereocenters. The molecule has 0 aliphatic heterocycles. The van der Waals surface area contributed by atoms with Crippen molar-refractivity contribution in [3.8, 4) is 5.75 Å². The van der Waals surface area contributed by atoms with Crippen LogP contribution in [0.1, 0.15) is 51.6 Å². The van der Waals surface area contributed by atoms with Crippen LogP contribution in [0.25, 0.3) is 0 Å². The molecule has 1 unspecified atom stereocenters. The summed E-state index contributed by atoms with van der Waals surface area (Å²) in [4.78, 5) is 0. The van der Waals surface area contributed by atoms with E-state index in [2.05, 4.69) is 60.2 Å². The highest BCUT2D eigenvalue weighted by Crippen LogP contribution is 2.28. The minimum atomic E-state index is 0.381. The normalized spacial score (nSPS) is 12.4. The molecule has 0 aliphatic rings. The second-order valence-electron chi connectivity index (χ2n) is 4.57. The Morgan fingerprint density at radius 1 is 1.28 bits per heavy atom. The first kappa shape index (κ1) is 15.5. The Balaban J connectivity index is 2.60. The Bertz CT molecular complexity index is 354. The Morgan fingerprint density at radius 3 is 2.67 bits per heavy atom. The summed E-state index contributed by atoms with van der Waals surface area (Å²) >= 11 is 3.58. The van der Waals surface area contributed by atoms with Gasteiger partial charge >= 0.3 is 0 Å². The highest BCUT2D eigenvalue weighted by molar-refractivity contribution is 9.10. The standard InChI is InChI=1S/C15H24BrNO/c1-4-6-10-18-15-8-7-13(11-14(15)16)12(3)17-9-5-2/h7-8,11-12,17H,4-6,9-10H2,1-3H3. The Labute approximate surface area is 119 Å². The van der Waals surface area contributed by atoms with Crippen LogP contribution >= 0.6 is 15.9 Å². The molecule has 18 heavy (non-hydrogen) atoms. The molecule has 2 nitrogen and oxygen atoms in total. The van der Waals surface area contributed by atoms with E-state index in [4.69, 9.17) is 4.74 Å². The number of halogens is 1. The number of ether oxygens (including phenoxy) is 1. The summed E-state index contributed by atoms with van der Waals surface area (Å²) in [5.74, 6) is 0.940. The van der Waals surface area contributed by atoms with Gasteiger partial charge < -0.3 is 10.1 Å². The summed E-state index contributed by atoms with van der Waals surface area (Å²) in [5, 5.41) is 3.49. The van der Waals surface area contributed by atoms with E-state index in [0.29, 0.717) is 6.04 Å².